The van der Waals surface area contributed by atoms with Crippen molar-refractivity contribution in [1.29, 1.82) is 0 Å². The molecular weight excluding hydrogens is 268 g/mol. The monoisotopic (exact) mass is 298 g/mol. The summed E-state index contributed by atoms with van der Waals surface area (Å²) in [7, 11) is 0. The van der Waals surface area contributed by atoms with Gasteiger partial charge < -0.3 is 10.2 Å². The molecule has 0 amide bonds. The molecule has 0 aliphatic rings. The summed E-state index contributed by atoms with van der Waals surface area (Å²) in [5.41, 5.74) is -0.00146. The van der Waals surface area contributed by atoms with E-state index in [1.54, 1.807) is 0 Å². The zero-order chi connectivity index (χ0) is 15.9. The average molecular weight is 298 g/mol. The molecule has 0 aromatic heterocycles. The van der Waals surface area contributed by atoms with Crippen LogP contribution in [-0.2, 0) is 9.59 Å². The Balaban J connectivity index is 3.46. The van der Waals surface area contributed by atoms with E-state index in [2.05, 4.69) is 6.92 Å². The summed E-state index contributed by atoms with van der Waals surface area (Å²) in [6.45, 7) is 2.22. The third-order valence-electron chi connectivity index (χ3n) is 3.62. The lowest BCUT2D eigenvalue weighted by Crippen LogP contribution is -2.04. The molecular formula is C17H30O4. The minimum Gasteiger partial charge on any atom is -0.478 e. The van der Waals surface area contributed by atoms with Crippen molar-refractivity contribution in [2.24, 2.45) is 0 Å². The lowest BCUT2D eigenvalue weighted by atomic mass is 10.0. The normalized spacial score (nSPS) is 11.6. The SMILES string of the molecule is CCCCCCCCCCCCC/C(=C/C(=O)O)C(=O)O. The zero-order valence-electron chi connectivity index (χ0n) is 13.3. The number of carboxylic acid groups (broad SMARTS) is 2. The average Bonchev–Trinajstić information content (AvgIpc) is 2.42. The van der Waals surface area contributed by atoms with Crippen LogP contribution in [0.2, 0.25) is 0 Å². The smallest absolute Gasteiger partial charge is 0.331 e. The molecule has 4 nitrogen and oxygen atoms in total. The van der Waals surface area contributed by atoms with E-state index in [-0.39, 0.29) is 5.57 Å². The van der Waals surface area contributed by atoms with Crippen LogP contribution in [0.4, 0.5) is 0 Å². The molecule has 0 rings (SSSR count). The first-order chi connectivity index (χ1) is 10.1. The van der Waals surface area contributed by atoms with Gasteiger partial charge in [-0.05, 0) is 12.8 Å². The van der Waals surface area contributed by atoms with Crippen molar-refractivity contribution in [1.82, 2.24) is 0 Å². The Morgan fingerprint density at radius 2 is 1.19 bits per heavy atom. The topological polar surface area (TPSA) is 74.6 Å². The number of unbranched alkanes of at least 4 members (excludes halogenated alkanes) is 10. The number of aliphatic carboxylic acids is 2. The van der Waals surface area contributed by atoms with Gasteiger partial charge in [-0.3, -0.25) is 0 Å². The molecule has 0 spiro atoms. The van der Waals surface area contributed by atoms with Crippen molar-refractivity contribution in [3.63, 3.8) is 0 Å². The molecule has 122 valence electrons. The Kier molecular flexibility index (Phi) is 12.8. The molecule has 0 aliphatic heterocycles. The number of rotatable bonds is 14. The first-order valence-corrected chi connectivity index (χ1v) is 8.24. The van der Waals surface area contributed by atoms with Gasteiger partial charge in [-0.1, -0.05) is 71.1 Å². The van der Waals surface area contributed by atoms with Gasteiger partial charge in [0, 0.05) is 11.6 Å². The van der Waals surface area contributed by atoms with Crippen LogP contribution >= 0.6 is 0 Å². The summed E-state index contributed by atoms with van der Waals surface area (Å²) < 4.78 is 0. The molecule has 0 aliphatic carbocycles. The van der Waals surface area contributed by atoms with E-state index in [1.165, 1.54) is 51.4 Å². The van der Waals surface area contributed by atoms with Gasteiger partial charge >= 0.3 is 11.9 Å². The van der Waals surface area contributed by atoms with E-state index >= 15 is 0 Å². The number of hydrogen-bond donors (Lipinski definition) is 2. The van der Waals surface area contributed by atoms with Crippen molar-refractivity contribution >= 4 is 11.9 Å². The molecule has 0 heterocycles. The van der Waals surface area contributed by atoms with Crippen LogP contribution < -0.4 is 0 Å². The van der Waals surface area contributed by atoms with Crippen LogP contribution in [0.15, 0.2) is 11.6 Å². The number of carbonyl (C=O) groups is 2. The lowest BCUT2D eigenvalue weighted by Gasteiger charge is -2.03. The summed E-state index contributed by atoms with van der Waals surface area (Å²) in [6.07, 6.45) is 14.4. The van der Waals surface area contributed by atoms with E-state index in [4.69, 9.17) is 10.2 Å². The van der Waals surface area contributed by atoms with Crippen LogP contribution in [0, 0.1) is 0 Å². The highest BCUT2D eigenvalue weighted by Crippen LogP contribution is 2.14. The molecule has 0 fully saturated rings. The van der Waals surface area contributed by atoms with E-state index in [1.807, 2.05) is 0 Å². The summed E-state index contributed by atoms with van der Waals surface area (Å²) in [6, 6.07) is 0. The van der Waals surface area contributed by atoms with Gasteiger partial charge in [0.15, 0.2) is 0 Å². The molecule has 4 heteroatoms. The zero-order valence-corrected chi connectivity index (χ0v) is 13.3. The maximum absolute atomic E-state index is 10.8. The summed E-state index contributed by atoms with van der Waals surface area (Å²) >= 11 is 0. The Labute approximate surface area is 128 Å². The highest BCUT2D eigenvalue weighted by atomic mass is 16.4. The lowest BCUT2D eigenvalue weighted by molar-refractivity contribution is -0.135. The predicted octanol–water partition coefficient (Wildman–Crippen LogP) is 4.78. The van der Waals surface area contributed by atoms with Gasteiger partial charge in [0.25, 0.3) is 0 Å². The van der Waals surface area contributed by atoms with Crippen LogP contribution in [-0.4, -0.2) is 22.2 Å². The fourth-order valence-corrected chi connectivity index (χ4v) is 2.37. The minimum atomic E-state index is -1.18. The summed E-state index contributed by atoms with van der Waals surface area (Å²) in [5, 5.41) is 17.4. The maximum Gasteiger partial charge on any atom is 0.331 e. The van der Waals surface area contributed by atoms with Crippen LogP contribution in [0.25, 0.3) is 0 Å². The van der Waals surface area contributed by atoms with Gasteiger partial charge in [-0.15, -0.1) is 0 Å². The van der Waals surface area contributed by atoms with Crippen molar-refractivity contribution in [2.45, 2.75) is 84.0 Å². The van der Waals surface area contributed by atoms with Crippen molar-refractivity contribution in [2.75, 3.05) is 0 Å². The van der Waals surface area contributed by atoms with Crippen LogP contribution in [0.1, 0.15) is 84.0 Å². The van der Waals surface area contributed by atoms with Gasteiger partial charge in [-0.25, -0.2) is 9.59 Å². The number of carboxylic acids is 2. The highest BCUT2D eigenvalue weighted by molar-refractivity contribution is 5.94. The van der Waals surface area contributed by atoms with Gasteiger partial charge in [0.2, 0.25) is 0 Å². The highest BCUT2D eigenvalue weighted by Gasteiger charge is 2.08. The van der Waals surface area contributed by atoms with Crippen molar-refractivity contribution in [3.8, 4) is 0 Å². The van der Waals surface area contributed by atoms with E-state index < -0.39 is 11.9 Å². The molecule has 21 heavy (non-hydrogen) atoms. The molecule has 0 aromatic rings. The number of hydrogen-bond acceptors (Lipinski definition) is 2. The summed E-state index contributed by atoms with van der Waals surface area (Å²) in [5.74, 6) is -2.31. The predicted molar refractivity (Wildman–Crippen MR) is 84.4 cm³/mol. The third-order valence-corrected chi connectivity index (χ3v) is 3.62. The molecule has 0 radical (unpaired) electrons. The first-order valence-electron chi connectivity index (χ1n) is 8.24. The Hall–Kier alpha value is -1.32. The molecule has 0 saturated carbocycles. The third kappa shape index (κ3) is 13.4. The molecule has 0 unspecified atom stereocenters. The quantitative estimate of drug-likeness (QED) is 0.357. The van der Waals surface area contributed by atoms with E-state index in [0.29, 0.717) is 6.42 Å². The minimum absolute atomic E-state index is 0.00146. The van der Waals surface area contributed by atoms with Crippen LogP contribution in [0.3, 0.4) is 0 Å². The molecule has 0 aromatic carbocycles. The van der Waals surface area contributed by atoms with Gasteiger partial charge in [0.1, 0.15) is 0 Å². The largest absolute Gasteiger partial charge is 0.478 e. The Bertz CT molecular complexity index is 321. The summed E-state index contributed by atoms with van der Waals surface area (Å²) in [4.78, 5) is 21.3. The maximum atomic E-state index is 10.8. The fraction of sp³-hybridized carbons (Fsp3) is 0.765. The molecule has 0 bridgehead atoms. The Morgan fingerprint density at radius 3 is 1.57 bits per heavy atom. The first kappa shape index (κ1) is 19.7. The van der Waals surface area contributed by atoms with Crippen molar-refractivity contribution in [3.05, 3.63) is 11.6 Å². The second-order valence-corrected chi connectivity index (χ2v) is 5.60. The standard InChI is InChI=1S/C17H30O4/c1-2-3-4-5-6-7-8-9-10-11-12-13-15(17(20)21)14-16(18)19/h14H,2-13H2,1H3,(H,18,19)(H,20,21)/b15-14-. The fourth-order valence-electron chi connectivity index (χ4n) is 2.37. The Morgan fingerprint density at radius 1 is 0.762 bits per heavy atom. The van der Waals surface area contributed by atoms with Crippen molar-refractivity contribution < 1.29 is 19.8 Å². The van der Waals surface area contributed by atoms with E-state index in [9.17, 15) is 9.59 Å². The second-order valence-electron chi connectivity index (χ2n) is 5.60. The van der Waals surface area contributed by atoms with Crippen LogP contribution in [0.5, 0.6) is 0 Å². The van der Waals surface area contributed by atoms with Gasteiger partial charge in [0.05, 0.1) is 0 Å². The van der Waals surface area contributed by atoms with Gasteiger partial charge in [-0.2, -0.15) is 0 Å². The molecule has 0 saturated heterocycles. The van der Waals surface area contributed by atoms with E-state index in [0.717, 1.165) is 25.3 Å². The second kappa shape index (κ2) is 13.7. The molecule has 2 N–H and O–H groups in total. The molecule has 0 atom stereocenters.